The summed E-state index contributed by atoms with van der Waals surface area (Å²) >= 11 is 18.6. The fourth-order valence-corrected chi connectivity index (χ4v) is 5.20. The van der Waals surface area contributed by atoms with E-state index in [-0.39, 0.29) is 23.8 Å². The predicted octanol–water partition coefficient (Wildman–Crippen LogP) is 5.75. The number of rotatable bonds is 13. The zero-order chi connectivity index (χ0) is 32.5. The van der Waals surface area contributed by atoms with E-state index in [1.807, 2.05) is 12.1 Å². The lowest BCUT2D eigenvalue weighted by Gasteiger charge is -2.28. The van der Waals surface area contributed by atoms with Crippen LogP contribution in [0.1, 0.15) is 36.6 Å². The average Bonchev–Trinajstić information content (AvgIpc) is 2.99. The molecule has 1 heterocycles. The first-order chi connectivity index (χ1) is 21.6. The number of methoxy groups -OCH3 is 1. The van der Waals surface area contributed by atoms with Crippen molar-refractivity contribution in [1.29, 1.82) is 0 Å². The van der Waals surface area contributed by atoms with E-state index in [9.17, 15) is 14.7 Å². The molecular formula is C31H31Cl3N4O7. The Balaban J connectivity index is 1.43. The first-order valence-corrected chi connectivity index (χ1v) is 14.8. The monoisotopic (exact) mass is 676 g/mol. The standard InChI is InChI=1S/C31H31Cl3N4O7/c1-4-43-25-12-19(28-27(30(40)42-3)17(2)36-31(41)37-28)8-9-24(25)44-16-26(39)38-35-14-20-11-22(33)13-23(34)29(20)45-15-18-6-5-7-21(32)10-18/h5-14,26,28,38-39H,4,15-16H2,1-3H3,(H2,36,37,41)/b35-14+/t26-,28+/m0/s1. The maximum atomic E-state index is 12.5. The van der Waals surface area contributed by atoms with Gasteiger partial charge in [0.25, 0.3) is 0 Å². The Bertz CT molecular complexity index is 1620. The first kappa shape index (κ1) is 33.7. The van der Waals surface area contributed by atoms with Crippen LogP contribution in [0.3, 0.4) is 0 Å². The number of nitrogens with one attached hydrogen (secondary N) is 3. The normalized spacial score (nSPS) is 15.3. The summed E-state index contributed by atoms with van der Waals surface area (Å²) in [6.07, 6.45) is 0.192. The van der Waals surface area contributed by atoms with E-state index < -0.39 is 24.3 Å². The molecule has 3 aromatic rings. The third-order valence-electron chi connectivity index (χ3n) is 6.41. The van der Waals surface area contributed by atoms with Crippen LogP contribution in [0.5, 0.6) is 17.2 Å². The molecule has 2 amide bonds. The van der Waals surface area contributed by atoms with Crippen molar-refractivity contribution in [3.8, 4) is 17.2 Å². The van der Waals surface area contributed by atoms with Crippen LogP contribution in [-0.4, -0.2) is 49.9 Å². The molecule has 11 nitrogen and oxygen atoms in total. The summed E-state index contributed by atoms with van der Waals surface area (Å²) in [7, 11) is 1.27. The quantitative estimate of drug-likeness (QED) is 0.0777. The van der Waals surface area contributed by atoms with Crippen molar-refractivity contribution in [3.05, 3.63) is 97.6 Å². The number of carbonyl (C=O) groups is 2. The number of aliphatic hydroxyl groups is 1. The molecule has 238 valence electrons. The third kappa shape index (κ3) is 8.95. The minimum atomic E-state index is -1.22. The van der Waals surface area contributed by atoms with Crippen molar-refractivity contribution in [2.45, 2.75) is 32.7 Å². The van der Waals surface area contributed by atoms with Crippen molar-refractivity contribution in [2.75, 3.05) is 20.3 Å². The number of urea groups is 1. The van der Waals surface area contributed by atoms with Crippen molar-refractivity contribution in [2.24, 2.45) is 5.10 Å². The van der Waals surface area contributed by atoms with E-state index in [0.717, 1.165) is 5.56 Å². The summed E-state index contributed by atoms with van der Waals surface area (Å²) in [5.74, 6) is 0.432. The number of allylic oxidation sites excluding steroid dienone is 1. The Kier molecular flexibility index (Phi) is 11.8. The minimum absolute atomic E-state index is 0.206. The summed E-state index contributed by atoms with van der Waals surface area (Å²) in [5.41, 5.74) is 5.11. The van der Waals surface area contributed by atoms with Crippen LogP contribution in [0.4, 0.5) is 4.79 Å². The largest absolute Gasteiger partial charge is 0.490 e. The van der Waals surface area contributed by atoms with Gasteiger partial charge in [0, 0.05) is 21.3 Å². The van der Waals surface area contributed by atoms with Gasteiger partial charge in [-0.05, 0) is 61.4 Å². The van der Waals surface area contributed by atoms with E-state index in [1.54, 1.807) is 56.3 Å². The van der Waals surface area contributed by atoms with E-state index in [2.05, 4.69) is 21.2 Å². The van der Waals surface area contributed by atoms with E-state index in [4.69, 9.17) is 53.8 Å². The molecule has 0 fully saturated rings. The van der Waals surface area contributed by atoms with Gasteiger partial charge in [-0.25, -0.2) is 9.59 Å². The highest BCUT2D eigenvalue weighted by Crippen LogP contribution is 2.35. The number of hydrogen-bond donors (Lipinski definition) is 4. The zero-order valence-corrected chi connectivity index (χ0v) is 26.8. The van der Waals surface area contributed by atoms with Gasteiger partial charge in [0.2, 0.25) is 0 Å². The SMILES string of the molecule is CCOc1cc([C@H]2NC(=O)NC(C)=C2C(=O)OC)ccc1OC[C@H](O)N/N=C/c1cc(Cl)cc(Cl)c1OCc1cccc(Cl)c1. The topological polar surface area (TPSA) is 140 Å². The van der Waals surface area contributed by atoms with Crippen molar-refractivity contribution < 1.29 is 33.6 Å². The molecule has 1 aliphatic heterocycles. The summed E-state index contributed by atoms with van der Waals surface area (Å²) in [5, 5.41) is 21.2. The molecule has 0 aliphatic carbocycles. The number of nitrogens with zero attached hydrogens (tertiary/aromatic N) is 1. The molecule has 0 spiro atoms. The zero-order valence-electron chi connectivity index (χ0n) is 24.5. The highest BCUT2D eigenvalue weighted by molar-refractivity contribution is 6.36. The molecule has 0 saturated heterocycles. The molecule has 1 aliphatic rings. The highest BCUT2D eigenvalue weighted by Gasteiger charge is 2.32. The molecule has 4 N–H and O–H groups in total. The number of carbonyl (C=O) groups excluding carboxylic acids is 2. The number of amides is 2. The van der Waals surface area contributed by atoms with E-state index in [1.165, 1.54) is 13.3 Å². The van der Waals surface area contributed by atoms with Crippen molar-refractivity contribution in [3.63, 3.8) is 0 Å². The molecule has 0 radical (unpaired) electrons. The summed E-state index contributed by atoms with van der Waals surface area (Å²) < 4.78 is 22.4. The van der Waals surface area contributed by atoms with Gasteiger partial charge in [0.05, 0.1) is 36.6 Å². The maximum Gasteiger partial charge on any atom is 0.337 e. The van der Waals surface area contributed by atoms with Crippen LogP contribution >= 0.6 is 34.8 Å². The summed E-state index contributed by atoms with van der Waals surface area (Å²) in [6, 6.07) is 14.1. The van der Waals surface area contributed by atoms with Gasteiger partial charge in [-0.3, -0.25) is 5.43 Å². The molecule has 4 rings (SSSR count). The fraction of sp³-hybridized carbons (Fsp3) is 0.258. The van der Waals surface area contributed by atoms with Crippen LogP contribution in [0.15, 0.2) is 71.0 Å². The first-order valence-electron chi connectivity index (χ1n) is 13.7. The lowest BCUT2D eigenvalue weighted by atomic mass is 9.95. The predicted molar refractivity (Wildman–Crippen MR) is 171 cm³/mol. The number of hydrogen-bond acceptors (Lipinski definition) is 9. The highest BCUT2D eigenvalue weighted by atomic mass is 35.5. The molecule has 0 bridgehead atoms. The number of hydrazone groups is 1. The van der Waals surface area contributed by atoms with Crippen molar-refractivity contribution in [1.82, 2.24) is 16.1 Å². The Morgan fingerprint density at radius 2 is 1.87 bits per heavy atom. The second kappa shape index (κ2) is 15.7. The number of aliphatic hydroxyl groups excluding tert-OH is 1. The minimum Gasteiger partial charge on any atom is -0.490 e. The van der Waals surface area contributed by atoms with E-state index >= 15 is 0 Å². The second-order valence-corrected chi connectivity index (χ2v) is 10.9. The fourth-order valence-electron chi connectivity index (χ4n) is 4.43. The molecule has 0 unspecified atom stereocenters. The van der Waals surface area contributed by atoms with Crippen LogP contribution in [0, 0.1) is 0 Å². The molecular weight excluding hydrogens is 647 g/mol. The van der Waals surface area contributed by atoms with Crippen molar-refractivity contribution >= 4 is 53.0 Å². The van der Waals surface area contributed by atoms with Gasteiger partial charge in [-0.1, -0.05) is 53.0 Å². The smallest absolute Gasteiger partial charge is 0.337 e. The number of ether oxygens (including phenoxy) is 4. The summed E-state index contributed by atoms with van der Waals surface area (Å²) in [4.78, 5) is 24.6. The molecule has 2 atom stereocenters. The molecule has 0 aromatic heterocycles. The Labute approximate surface area is 275 Å². The van der Waals surface area contributed by atoms with Crippen LogP contribution in [0.2, 0.25) is 15.1 Å². The van der Waals surface area contributed by atoms with Gasteiger partial charge in [0.15, 0.2) is 17.7 Å². The Morgan fingerprint density at radius 1 is 1.07 bits per heavy atom. The second-order valence-electron chi connectivity index (χ2n) is 9.64. The van der Waals surface area contributed by atoms with Gasteiger partial charge in [0.1, 0.15) is 19.0 Å². The number of halogens is 3. The summed E-state index contributed by atoms with van der Waals surface area (Å²) in [6.45, 7) is 3.73. The van der Waals surface area contributed by atoms with Gasteiger partial charge < -0.3 is 34.7 Å². The van der Waals surface area contributed by atoms with Crippen LogP contribution in [-0.2, 0) is 16.1 Å². The lowest BCUT2D eigenvalue weighted by molar-refractivity contribution is -0.136. The molecule has 3 aromatic carbocycles. The Hall–Kier alpha value is -4.16. The van der Waals surface area contributed by atoms with Gasteiger partial charge in [-0.2, -0.15) is 5.10 Å². The molecule has 45 heavy (non-hydrogen) atoms. The van der Waals surface area contributed by atoms with E-state index in [0.29, 0.717) is 50.7 Å². The maximum absolute atomic E-state index is 12.5. The van der Waals surface area contributed by atoms with Crippen LogP contribution in [0.25, 0.3) is 0 Å². The Morgan fingerprint density at radius 3 is 2.60 bits per heavy atom. The molecule has 14 heteroatoms. The average molecular weight is 678 g/mol. The lowest BCUT2D eigenvalue weighted by Crippen LogP contribution is -2.45. The number of esters is 1. The van der Waals surface area contributed by atoms with Gasteiger partial charge in [-0.15, -0.1) is 0 Å². The number of benzene rings is 3. The van der Waals surface area contributed by atoms with Gasteiger partial charge >= 0.3 is 12.0 Å². The third-order valence-corrected chi connectivity index (χ3v) is 7.14. The van der Waals surface area contributed by atoms with Crippen LogP contribution < -0.4 is 30.3 Å². The molecule has 0 saturated carbocycles.